The van der Waals surface area contributed by atoms with Crippen molar-refractivity contribution in [3.05, 3.63) is 47.1 Å². The summed E-state index contributed by atoms with van der Waals surface area (Å²) in [4.78, 5) is 0. The molecule has 2 N–H and O–H groups in total. The summed E-state index contributed by atoms with van der Waals surface area (Å²) in [5.74, 6) is 1.44. The van der Waals surface area contributed by atoms with Gasteiger partial charge in [0.1, 0.15) is 0 Å². The van der Waals surface area contributed by atoms with Crippen molar-refractivity contribution in [2.45, 2.75) is 71.8 Å². The SMILES string of the molecule is CC(C)=CC/C=C(C)/C=C/[C@@H]1[C@H]2CC(CCCCCO)=C[C@H]2C[C@H]1O. The molecule has 1 saturated carbocycles. The van der Waals surface area contributed by atoms with E-state index in [0.29, 0.717) is 24.4 Å². The topological polar surface area (TPSA) is 40.5 Å². The lowest BCUT2D eigenvalue weighted by Gasteiger charge is -2.18. The fraction of sp³-hybridized carbons (Fsp3) is 0.652. The highest BCUT2D eigenvalue weighted by Gasteiger charge is 2.43. The van der Waals surface area contributed by atoms with Crippen LogP contribution < -0.4 is 0 Å². The summed E-state index contributed by atoms with van der Waals surface area (Å²) in [5.41, 5.74) is 4.21. The van der Waals surface area contributed by atoms with Crippen LogP contribution >= 0.6 is 0 Å². The Balaban J connectivity index is 1.87. The van der Waals surface area contributed by atoms with Crippen LogP contribution in [-0.4, -0.2) is 22.9 Å². The molecule has 0 amide bonds. The summed E-state index contributed by atoms with van der Waals surface area (Å²) in [6, 6.07) is 0. The second-order valence-corrected chi connectivity index (χ2v) is 8.10. The van der Waals surface area contributed by atoms with Crippen molar-refractivity contribution in [3.8, 4) is 0 Å². The Bertz CT molecular complexity index is 534. The number of aliphatic hydroxyl groups excluding tert-OH is 2. The Labute approximate surface area is 154 Å². The van der Waals surface area contributed by atoms with Crippen LogP contribution in [-0.2, 0) is 0 Å². The van der Waals surface area contributed by atoms with Crippen LogP contribution in [0.2, 0.25) is 0 Å². The molecule has 0 spiro atoms. The van der Waals surface area contributed by atoms with Crippen LogP contribution in [0.15, 0.2) is 47.1 Å². The number of aliphatic hydroxyl groups is 2. The number of fused-ring (bicyclic) bond motifs is 1. The van der Waals surface area contributed by atoms with E-state index >= 15 is 0 Å². The van der Waals surface area contributed by atoms with Crippen LogP contribution in [0, 0.1) is 17.8 Å². The van der Waals surface area contributed by atoms with Crippen molar-refractivity contribution in [1.82, 2.24) is 0 Å². The van der Waals surface area contributed by atoms with Crippen molar-refractivity contribution in [2.24, 2.45) is 17.8 Å². The number of hydrogen-bond acceptors (Lipinski definition) is 2. The van der Waals surface area contributed by atoms with Crippen LogP contribution in [0.5, 0.6) is 0 Å². The van der Waals surface area contributed by atoms with E-state index in [9.17, 15) is 5.11 Å². The van der Waals surface area contributed by atoms with Gasteiger partial charge in [0.2, 0.25) is 0 Å². The second kappa shape index (κ2) is 10.1. The van der Waals surface area contributed by atoms with Gasteiger partial charge in [-0.2, -0.15) is 0 Å². The molecular weight excluding hydrogens is 308 g/mol. The number of unbranched alkanes of at least 4 members (excludes halogenated alkanes) is 2. The fourth-order valence-corrected chi connectivity index (χ4v) is 4.24. The third-order valence-corrected chi connectivity index (χ3v) is 5.65. The number of rotatable bonds is 9. The van der Waals surface area contributed by atoms with Crippen molar-refractivity contribution in [3.63, 3.8) is 0 Å². The largest absolute Gasteiger partial charge is 0.396 e. The molecule has 2 nitrogen and oxygen atoms in total. The van der Waals surface area contributed by atoms with Crippen LogP contribution in [0.25, 0.3) is 0 Å². The third kappa shape index (κ3) is 6.27. The molecule has 0 aromatic heterocycles. The maximum Gasteiger partial charge on any atom is 0.0611 e. The first-order chi connectivity index (χ1) is 12.0. The molecule has 4 atom stereocenters. The maximum absolute atomic E-state index is 10.5. The van der Waals surface area contributed by atoms with Crippen LogP contribution in [0.4, 0.5) is 0 Å². The predicted octanol–water partition coefficient (Wildman–Crippen LogP) is 5.34. The minimum absolute atomic E-state index is 0.191. The average Bonchev–Trinajstić information content (AvgIpc) is 3.06. The highest BCUT2D eigenvalue weighted by molar-refractivity contribution is 5.24. The Morgan fingerprint density at radius 1 is 1.16 bits per heavy atom. The molecule has 0 heterocycles. The Kier molecular flexibility index (Phi) is 8.18. The molecule has 2 heteroatoms. The monoisotopic (exact) mass is 344 g/mol. The second-order valence-electron chi connectivity index (χ2n) is 8.10. The van der Waals surface area contributed by atoms with Crippen LogP contribution in [0.3, 0.4) is 0 Å². The Hall–Kier alpha value is -1.12. The van der Waals surface area contributed by atoms with E-state index in [1.165, 1.54) is 24.0 Å². The summed E-state index contributed by atoms with van der Waals surface area (Å²) in [6.07, 6.45) is 18.6. The number of allylic oxidation sites excluding steroid dienone is 7. The molecule has 0 aliphatic heterocycles. The van der Waals surface area contributed by atoms with Crippen molar-refractivity contribution in [1.29, 1.82) is 0 Å². The Morgan fingerprint density at radius 3 is 2.68 bits per heavy atom. The zero-order valence-electron chi connectivity index (χ0n) is 16.2. The lowest BCUT2D eigenvalue weighted by atomic mass is 9.88. The molecule has 0 unspecified atom stereocenters. The molecule has 2 aliphatic rings. The molecule has 0 saturated heterocycles. The van der Waals surface area contributed by atoms with Gasteiger partial charge in [0.25, 0.3) is 0 Å². The van der Waals surface area contributed by atoms with E-state index in [1.54, 1.807) is 5.57 Å². The molecule has 0 aromatic rings. The van der Waals surface area contributed by atoms with Crippen LogP contribution in [0.1, 0.15) is 65.7 Å². The first-order valence-electron chi connectivity index (χ1n) is 9.98. The molecular formula is C23H36O2. The summed E-state index contributed by atoms with van der Waals surface area (Å²) in [6.45, 7) is 6.71. The van der Waals surface area contributed by atoms with Gasteiger partial charge in [-0.25, -0.2) is 0 Å². The minimum Gasteiger partial charge on any atom is -0.396 e. The normalized spacial score (nSPS) is 29.2. The zero-order chi connectivity index (χ0) is 18.2. The molecule has 0 bridgehead atoms. The lowest BCUT2D eigenvalue weighted by Crippen LogP contribution is -2.17. The van der Waals surface area contributed by atoms with E-state index in [-0.39, 0.29) is 6.10 Å². The van der Waals surface area contributed by atoms with E-state index in [2.05, 4.69) is 51.2 Å². The minimum atomic E-state index is -0.191. The van der Waals surface area contributed by atoms with Gasteiger partial charge in [0.05, 0.1) is 6.10 Å². The van der Waals surface area contributed by atoms with Gasteiger partial charge in [0.15, 0.2) is 0 Å². The average molecular weight is 345 g/mol. The van der Waals surface area contributed by atoms with Gasteiger partial charge in [-0.3, -0.25) is 0 Å². The van der Waals surface area contributed by atoms with E-state index in [1.807, 2.05) is 0 Å². The quantitative estimate of drug-likeness (QED) is 0.337. The molecule has 25 heavy (non-hydrogen) atoms. The van der Waals surface area contributed by atoms with E-state index < -0.39 is 0 Å². The first-order valence-corrected chi connectivity index (χ1v) is 9.98. The highest BCUT2D eigenvalue weighted by Crippen LogP contribution is 2.48. The van der Waals surface area contributed by atoms with Gasteiger partial charge < -0.3 is 10.2 Å². The van der Waals surface area contributed by atoms with Crippen molar-refractivity contribution < 1.29 is 10.2 Å². The van der Waals surface area contributed by atoms with Gasteiger partial charge in [0, 0.05) is 12.5 Å². The number of hydrogen-bond donors (Lipinski definition) is 2. The van der Waals surface area contributed by atoms with E-state index in [0.717, 1.165) is 32.1 Å². The van der Waals surface area contributed by atoms with Gasteiger partial charge >= 0.3 is 0 Å². The molecule has 1 fully saturated rings. The molecule has 2 rings (SSSR count). The molecule has 140 valence electrons. The summed E-state index contributed by atoms with van der Waals surface area (Å²) in [5, 5.41) is 19.3. The van der Waals surface area contributed by atoms with Crippen molar-refractivity contribution in [2.75, 3.05) is 6.61 Å². The van der Waals surface area contributed by atoms with Gasteiger partial charge in [-0.15, -0.1) is 0 Å². The summed E-state index contributed by atoms with van der Waals surface area (Å²) in [7, 11) is 0. The van der Waals surface area contributed by atoms with E-state index in [4.69, 9.17) is 5.11 Å². The Morgan fingerprint density at radius 2 is 1.96 bits per heavy atom. The molecule has 0 radical (unpaired) electrons. The predicted molar refractivity (Wildman–Crippen MR) is 106 cm³/mol. The lowest BCUT2D eigenvalue weighted by molar-refractivity contribution is 0.141. The smallest absolute Gasteiger partial charge is 0.0611 e. The maximum atomic E-state index is 10.5. The van der Waals surface area contributed by atoms with Gasteiger partial charge in [-0.05, 0) is 71.1 Å². The first kappa shape index (κ1) is 20.2. The summed E-state index contributed by atoms with van der Waals surface area (Å²) < 4.78 is 0. The van der Waals surface area contributed by atoms with Crippen molar-refractivity contribution >= 4 is 0 Å². The standard InChI is InChI=1S/C23H36O2/c1-17(2)8-7-9-18(3)11-12-21-22-15-19(10-5-4-6-13-24)14-20(22)16-23(21)25/h8-9,11-12,14,20-25H,4-7,10,13,15-16H2,1-3H3/b12-11+,18-9+/t20-,21+,22-,23+/m0/s1. The third-order valence-electron chi connectivity index (χ3n) is 5.65. The van der Waals surface area contributed by atoms with Gasteiger partial charge in [-0.1, -0.05) is 53.5 Å². The zero-order valence-corrected chi connectivity index (χ0v) is 16.2. The summed E-state index contributed by atoms with van der Waals surface area (Å²) >= 11 is 0. The molecule has 2 aliphatic carbocycles. The fourth-order valence-electron chi connectivity index (χ4n) is 4.24. The molecule has 0 aromatic carbocycles. The highest BCUT2D eigenvalue weighted by atomic mass is 16.3.